The van der Waals surface area contributed by atoms with E-state index in [9.17, 15) is 4.79 Å². The maximum absolute atomic E-state index is 11.8. The number of nitrogens with two attached hydrogens (primary N) is 1. The quantitative estimate of drug-likeness (QED) is 0.817. The summed E-state index contributed by atoms with van der Waals surface area (Å²) in [6, 6.07) is 5.36. The number of amides is 1. The number of rotatable bonds is 2. The number of nitrogens with one attached hydrogen (secondary N) is 1. The number of carbonyl (C=O) groups excluding carboxylic acids is 1. The van der Waals surface area contributed by atoms with Crippen molar-refractivity contribution in [3.63, 3.8) is 0 Å². The van der Waals surface area contributed by atoms with E-state index in [4.69, 9.17) is 10.5 Å². The van der Waals surface area contributed by atoms with E-state index in [2.05, 4.69) is 21.2 Å². The van der Waals surface area contributed by atoms with E-state index in [0.717, 1.165) is 16.6 Å². The summed E-state index contributed by atoms with van der Waals surface area (Å²) in [6.07, 6.45) is 0.790. The fourth-order valence-electron chi connectivity index (χ4n) is 1.61. The lowest BCUT2D eigenvalue weighted by Crippen LogP contribution is -2.22. The SMILES string of the molecule is Nc1cc(NC(=O)C2CCOC2)ccc1Br. The Morgan fingerprint density at radius 2 is 2.38 bits per heavy atom. The van der Waals surface area contributed by atoms with Crippen LogP contribution >= 0.6 is 15.9 Å². The fourth-order valence-corrected chi connectivity index (χ4v) is 1.85. The molecular formula is C11H13BrN2O2. The van der Waals surface area contributed by atoms with Gasteiger partial charge in [-0.15, -0.1) is 0 Å². The molecule has 1 saturated heterocycles. The van der Waals surface area contributed by atoms with Crippen molar-refractivity contribution >= 4 is 33.2 Å². The summed E-state index contributed by atoms with van der Waals surface area (Å²) in [6.45, 7) is 1.18. The number of anilines is 2. The standard InChI is InChI=1S/C11H13BrN2O2/c12-9-2-1-8(5-10(9)13)14-11(15)7-3-4-16-6-7/h1-2,5,7H,3-4,6,13H2,(H,14,15). The van der Waals surface area contributed by atoms with E-state index >= 15 is 0 Å². The van der Waals surface area contributed by atoms with Gasteiger partial charge in [0.05, 0.1) is 12.5 Å². The Morgan fingerprint density at radius 3 is 3.00 bits per heavy atom. The van der Waals surface area contributed by atoms with Crippen LogP contribution in [-0.4, -0.2) is 19.1 Å². The summed E-state index contributed by atoms with van der Waals surface area (Å²) in [5.41, 5.74) is 7.06. The first-order chi connectivity index (χ1) is 7.66. The first-order valence-corrected chi connectivity index (χ1v) is 5.90. The van der Waals surface area contributed by atoms with Gasteiger partial charge < -0.3 is 15.8 Å². The highest BCUT2D eigenvalue weighted by molar-refractivity contribution is 9.10. The second-order valence-electron chi connectivity index (χ2n) is 3.79. The molecule has 1 fully saturated rings. The zero-order valence-corrected chi connectivity index (χ0v) is 10.3. The number of halogens is 1. The van der Waals surface area contributed by atoms with Gasteiger partial charge in [0.25, 0.3) is 0 Å². The van der Waals surface area contributed by atoms with E-state index < -0.39 is 0 Å². The van der Waals surface area contributed by atoms with Gasteiger partial charge in [-0.25, -0.2) is 0 Å². The molecular weight excluding hydrogens is 272 g/mol. The first-order valence-electron chi connectivity index (χ1n) is 5.10. The predicted molar refractivity (Wildman–Crippen MR) is 66.1 cm³/mol. The molecule has 0 bridgehead atoms. The molecule has 1 aliphatic heterocycles. The van der Waals surface area contributed by atoms with Crippen LogP contribution < -0.4 is 11.1 Å². The average Bonchev–Trinajstić information content (AvgIpc) is 2.77. The van der Waals surface area contributed by atoms with Crippen molar-refractivity contribution in [2.45, 2.75) is 6.42 Å². The predicted octanol–water partition coefficient (Wildman–Crippen LogP) is 2.01. The molecule has 16 heavy (non-hydrogen) atoms. The Hall–Kier alpha value is -1.07. The zero-order chi connectivity index (χ0) is 11.5. The number of benzene rings is 1. The number of ether oxygens (including phenoxy) is 1. The average molecular weight is 285 g/mol. The van der Waals surface area contributed by atoms with Crippen LogP contribution in [0.4, 0.5) is 11.4 Å². The summed E-state index contributed by atoms with van der Waals surface area (Å²) < 4.78 is 5.99. The Balaban J connectivity index is 2.02. The van der Waals surface area contributed by atoms with E-state index in [0.29, 0.717) is 18.9 Å². The van der Waals surface area contributed by atoms with Crippen molar-refractivity contribution in [3.05, 3.63) is 22.7 Å². The molecule has 1 aliphatic rings. The third kappa shape index (κ3) is 2.54. The van der Waals surface area contributed by atoms with Gasteiger partial charge in [0.2, 0.25) is 5.91 Å². The molecule has 0 aromatic heterocycles. The molecule has 1 heterocycles. The normalized spacial score (nSPS) is 19.7. The molecule has 86 valence electrons. The number of hydrogen-bond acceptors (Lipinski definition) is 3. The van der Waals surface area contributed by atoms with Crippen LogP contribution in [-0.2, 0) is 9.53 Å². The van der Waals surface area contributed by atoms with Crippen LogP contribution in [0.5, 0.6) is 0 Å². The number of nitrogen functional groups attached to an aromatic ring is 1. The fraction of sp³-hybridized carbons (Fsp3) is 0.364. The Morgan fingerprint density at radius 1 is 1.56 bits per heavy atom. The van der Waals surface area contributed by atoms with E-state index in [-0.39, 0.29) is 11.8 Å². The van der Waals surface area contributed by atoms with Crippen LogP contribution in [0, 0.1) is 5.92 Å². The van der Waals surface area contributed by atoms with E-state index in [1.165, 1.54) is 0 Å². The van der Waals surface area contributed by atoms with Gasteiger partial charge in [-0.3, -0.25) is 4.79 Å². The van der Waals surface area contributed by atoms with Crippen molar-refractivity contribution < 1.29 is 9.53 Å². The Labute approximate surface area is 102 Å². The highest BCUT2D eigenvalue weighted by Gasteiger charge is 2.23. The second-order valence-corrected chi connectivity index (χ2v) is 4.64. The maximum atomic E-state index is 11.8. The maximum Gasteiger partial charge on any atom is 0.229 e. The monoisotopic (exact) mass is 284 g/mol. The summed E-state index contributed by atoms with van der Waals surface area (Å²) in [7, 11) is 0. The molecule has 1 amide bonds. The van der Waals surface area contributed by atoms with Gasteiger partial charge in [0, 0.05) is 22.5 Å². The smallest absolute Gasteiger partial charge is 0.229 e. The van der Waals surface area contributed by atoms with Crippen molar-refractivity contribution in [1.82, 2.24) is 0 Å². The van der Waals surface area contributed by atoms with Crippen molar-refractivity contribution in [3.8, 4) is 0 Å². The van der Waals surface area contributed by atoms with Crippen LogP contribution in [0.1, 0.15) is 6.42 Å². The van der Waals surface area contributed by atoms with Crippen molar-refractivity contribution in [1.29, 1.82) is 0 Å². The lowest BCUT2D eigenvalue weighted by Gasteiger charge is -2.10. The minimum atomic E-state index is -0.0372. The van der Waals surface area contributed by atoms with Gasteiger partial charge in [0.1, 0.15) is 0 Å². The minimum absolute atomic E-state index is 0.000720. The zero-order valence-electron chi connectivity index (χ0n) is 8.70. The molecule has 0 radical (unpaired) electrons. The van der Waals surface area contributed by atoms with Gasteiger partial charge in [0.15, 0.2) is 0 Å². The number of hydrogen-bond donors (Lipinski definition) is 2. The van der Waals surface area contributed by atoms with E-state index in [1.54, 1.807) is 6.07 Å². The third-order valence-corrected chi connectivity index (χ3v) is 3.29. The minimum Gasteiger partial charge on any atom is -0.398 e. The van der Waals surface area contributed by atoms with Gasteiger partial charge in [-0.05, 0) is 40.5 Å². The first kappa shape index (κ1) is 11.4. The molecule has 1 atom stereocenters. The molecule has 1 aromatic carbocycles. The molecule has 1 unspecified atom stereocenters. The second kappa shape index (κ2) is 4.84. The van der Waals surface area contributed by atoms with E-state index in [1.807, 2.05) is 12.1 Å². The highest BCUT2D eigenvalue weighted by Crippen LogP contribution is 2.24. The van der Waals surface area contributed by atoms with Crippen LogP contribution in [0.3, 0.4) is 0 Å². The highest BCUT2D eigenvalue weighted by atomic mass is 79.9. The summed E-state index contributed by atoms with van der Waals surface area (Å²) in [5, 5.41) is 2.83. The van der Waals surface area contributed by atoms with Crippen LogP contribution in [0.25, 0.3) is 0 Å². The van der Waals surface area contributed by atoms with Crippen molar-refractivity contribution in [2.24, 2.45) is 5.92 Å². The summed E-state index contributed by atoms with van der Waals surface area (Å²) in [5.74, 6) is -0.0379. The molecule has 4 nitrogen and oxygen atoms in total. The number of carbonyl (C=O) groups is 1. The molecule has 5 heteroatoms. The topological polar surface area (TPSA) is 64.3 Å². The molecule has 1 aromatic rings. The summed E-state index contributed by atoms with van der Waals surface area (Å²) in [4.78, 5) is 11.8. The van der Waals surface area contributed by atoms with Gasteiger partial charge in [-0.2, -0.15) is 0 Å². The Bertz CT molecular complexity index is 403. The largest absolute Gasteiger partial charge is 0.398 e. The van der Waals surface area contributed by atoms with Crippen molar-refractivity contribution in [2.75, 3.05) is 24.3 Å². The Kier molecular flexibility index (Phi) is 3.46. The molecule has 0 saturated carbocycles. The molecule has 0 spiro atoms. The molecule has 2 rings (SSSR count). The van der Waals surface area contributed by atoms with Crippen LogP contribution in [0.15, 0.2) is 22.7 Å². The van der Waals surface area contributed by atoms with Crippen LogP contribution in [0.2, 0.25) is 0 Å². The lowest BCUT2D eigenvalue weighted by molar-refractivity contribution is -0.119. The summed E-state index contributed by atoms with van der Waals surface area (Å²) >= 11 is 3.30. The van der Waals surface area contributed by atoms with Gasteiger partial charge >= 0.3 is 0 Å². The van der Waals surface area contributed by atoms with Gasteiger partial charge in [-0.1, -0.05) is 0 Å². The molecule has 3 N–H and O–H groups in total. The lowest BCUT2D eigenvalue weighted by atomic mass is 10.1. The molecule has 0 aliphatic carbocycles. The third-order valence-electron chi connectivity index (χ3n) is 2.56.